The molecule has 0 aromatic heterocycles. The fourth-order valence-electron chi connectivity index (χ4n) is 4.97. The van der Waals surface area contributed by atoms with Crippen molar-refractivity contribution in [2.45, 2.75) is 68.3 Å². The minimum Gasteiger partial charge on any atom is -0.394 e. The van der Waals surface area contributed by atoms with Gasteiger partial charge in [0.25, 0.3) is 0 Å². The molecule has 0 aliphatic carbocycles. The van der Waals surface area contributed by atoms with Gasteiger partial charge in [-0.25, -0.2) is 0 Å². The molecule has 10 atom stereocenters. The molecule has 0 saturated carbocycles. The molecule has 0 bridgehead atoms. The predicted octanol–water partition coefficient (Wildman–Crippen LogP) is -0.418. The van der Waals surface area contributed by atoms with Gasteiger partial charge in [-0.05, 0) is 28.7 Å². The van der Waals surface area contributed by atoms with Gasteiger partial charge in [0.15, 0.2) is 0 Å². The highest BCUT2D eigenvalue weighted by Gasteiger charge is 2.44. The normalized spacial score (nSPS) is 37.8. The van der Waals surface area contributed by atoms with Crippen LogP contribution in [0.3, 0.4) is 0 Å². The van der Waals surface area contributed by atoms with E-state index in [-0.39, 0.29) is 6.61 Å². The van der Waals surface area contributed by atoms with E-state index in [1.54, 1.807) is 19.1 Å². The van der Waals surface area contributed by atoms with Crippen molar-refractivity contribution in [3.8, 4) is 0 Å². The van der Waals surface area contributed by atoms with Crippen molar-refractivity contribution in [1.29, 1.82) is 0 Å². The Morgan fingerprint density at radius 1 is 0.629 bits per heavy atom. The lowest BCUT2D eigenvalue weighted by atomic mass is 9.84. The molecule has 0 spiro atoms. The molecule has 2 aromatic rings. The third-order valence-corrected chi connectivity index (χ3v) is 7.13. The van der Waals surface area contributed by atoms with E-state index in [0.717, 1.165) is 16.7 Å². The van der Waals surface area contributed by atoms with Gasteiger partial charge in [0.05, 0.1) is 25.4 Å². The van der Waals surface area contributed by atoms with Crippen LogP contribution in [0.15, 0.2) is 48.5 Å². The van der Waals surface area contributed by atoms with Crippen LogP contribution < -0.4 is 0 Å². The maximum atomic E-state index is 10.7. The lowest BCUT2D eigenvalue weighted by Gasteiger charge is -2.41. The van der Waals surface area contributed by atoms with Gasteiger partial charge < -0.3 is 45.2 Å². The molecule has 0 radical (unpaired) electrons. The Morgan fingerprint density at radius 3 is 1.63 bits per heavy atom. The molecule has 35 heavy (non-hydrogen) atoms. The number of aliphatic hydroxyl groups excluding tert-OH is 7. The van der Waals surface area contributed by atoms with Crippen molar-refractivity contribution >= 4 is 0 Å². The molecule has 9 nitrogen and oxygen atoms in total. The Hall–Kier alpha value is -1.92. The zero-order chi connectivity index (χ0) is 25.3. The van der Waals surface area contributed by atoms with E-state index in [1.807, 2.05) is 36.4 Å². The summed E-state index contributed by atoms with van der Waals surface area (Å²) >= 11 is 0. The highest BCUT2D eigenvalue weighted by Crippen LogP contribution is 2.36. The van der Waals surface area contributed by atoms with Crippen LogP contribution in [0.2, 0.25) is 0 Å². The van der Waals surface area contributed by atoms with E-state index in [1.165, 1.54) is 0 Å². The summed E-state index contributed by atoms with van der Waals surface area (Å²) < 4.78 is 11.5. The van der Waals surface area contributed by atoms with Crippen molar-refractivity contribution in [1.82, 2.24) is 0 Å². The summed E-state index contributed by atoms with van der Waals surface area (Å²) in [5.74, 6) is -0.468. The lowest BCUT2D eigenvalue weighted by molar-refractivity contribution is -0.231. The summed E-state index contributed by atoms with van der Waals surface area (Å²) in [6.07, 6.45) is -8.95. The molecule has 2 fully saturated rings. The Kier molecular flexibility index (Phi) is 8.22. The minimum absolute atomic E-state index is 0.348. The van der Waals surface area contributed by atoms with E-state index in [0.29, 0.717) is 12.0 Å². The van der Waals surface area contributed by atoms with E-state index >= 15 is 0 Å². The third kappa shape index (κ3) is 5.29. The van der Waals surface area contributed by atoms with E-state index < -0.39 is 67.5 Å². The molecular weight excluding hydrogens is 456 g/mol. The summed E-state index contributed by atoms with van der Waals surface area (Å²) in [7, 11) is 0. The average Bonchev–Trinajstić information content (AvgIpc) is 2.86. The maximum Gasteiger partial charge on any atom is 0.113 e. The summed E-state index contributed by atoms with van der Waals surface area (Å²) in [4.78, 5) is 0. The molecule has 9 heteroatoms. The van der Waals surface area contributed by atoms with Crippen molar-refractivity contribution in [2.24, 2.45) is 5.92 Å². The SMILES string of the molecule is C[C@@H]1[C@H](O)[C@@H](c2cccc(Cc3cccc([C@H]4O[C@H](CO)[C@@H](O)[C@H](O)[C@@H]4O)c3)c2)O[C@H](CO)[C@H]1O. The molecule has 2 aromatic carbocycles. The summed E-state index contributed by atoms with van der Waals surface area (Å²) in [5, 5.41) is 70.5. The first-order chi connectivity index (χ1) is 16.7. The van der Waals surface area contributed by atoms with Gasteiger partial charge in [0.2, 0.25) is 0 Å². The van der Waals surface area contributed by atoms with Crippen LogP contribution in [0, 0.1) is 5.92 Å². The lowest BCUT2D eigenvalue weighted by Crippen LogP contribution is -2.55. The second-order valence-electron chi connectivity index (χ2n) is 9.53. The standard InChI is InChI=1S/C26H34O9/c1-13-20(29)18(11-27)34-25(21(13)30)16-6-2-4-14(9-16)8-15-5-3-7-17(10-15)26-24(33)23(32)22(31)19(12-28)35-26/h2-7,9-10,13,18-33H,8,11-12H2,1H3/t13-,18+,19+,20-,21-,22+,23-,24-,25+,26+/m0/s1. The van der Waals surface area contributed by atoms with Gasteiger partial charge in [-0.2, -0.15) is 0 Å². The molecule has 2 saturated heterocycles. The molecular formula is C26H34O9. The number of hydrogen-bond donors (Lipinski definition) is 7. The number of benzene rings is 2. The molecule has 0 unspecified atom stereocenters. The van der Waals surface area contributed by atoms with E-state index in [4.69, 9.17) is 9.47 Å². The van der Waals surface area contributed by atoms with E-state index in [2.05, 4.69) is 0 Å². The summed E-state index contributed by atoms with van der Waals surface area (Å²) in [6.45, 7) is 0.886. The third-order valence-electron chi connectivity index (χ3n) is 7.13. The summed E-state index contributed by atoms with van der Waals surface area (Å²) in [5.41, 5.74) is 3.18. The maximum absolute atomic E-state index is 10.7. The fourth-order valence-corrected chi connectivity index (χ4v) is 4.97. The van der Waals surface area contributed by atoms with Crippen LogP contribution in [-0.4, -0.2) is 91.7 Å². The van der Waals surface area contributed by atoms with Gasteiger partial charge >= 0.3 is 0 Å². The minimum atomic E-state index is -1.45. The van der Waals surface area contributed by atoms with Gasteiger partial charge in [-0.3, -0.25) is 0 Å². The highest BCUT2D eigenvalue weighted by molar-refractivity contribution is 5.34. The molecule has 2 aliphatic rings. The topological polar surface area (TPSA) is 160 Å². The molecule has 2 aliphatic heterocycles. The molecule has 2 heterocycles. The summed E-state index contributed by atoms with van der Waals surface area (Å²) in [6, 6.07) is 14.8. The zero-order valence-corrected chi connectivity index (χ0v) is 19.5. The Bertz CT molecular complexity index is 903. The Labute approximate surface area is 203 Å². The Morgan fingerprint density at radius 2 is 1.11 bits per heavy atom. The average molecular weight is 491 g/mol. The van der Waals surface area contributed by atoms with Crippen molar-refractivity contribution in [2.75, 3.05) is 13.2 Å². The van der Waals surface area contributed by atoms with Crippen LogP contribution in [0.5, 0.6) is 0 Å². The molecule has 192 valence electrons. The van der Waals surface area contributed by atoms with Crippen molar-refractivity contribution in [3.63, 3.8) is 0 Å². The first-order valence-electron chi connectivity index (χ1n) is 11.9. The van der Waals surface area contributed by atoms with Crippen molar-refractivity contribution < 1.29 is 45.2 Å². The molecule has 4 rings (SSSR count). The predicted molar refractivity (Wildman–Crippen MR) is 124 cm³/mol. The molecule has 7 N–H and O–H groups in total. The largest absolute Gasteiger partial charge is 0.394 e. The zero-order valence-electron chi connectivity index (χ0n) is 19.5. The van der Waals surface area contributed by atoms with Gasteiger partial charge in [-0.1, -0.05) is 55.5 Å². The highest BCUT2D eigenvalue weighted by atomic mass is 16.5. The van der Waals surface area contributed by atoms with Crippen LogP contribution in [0.25, 0.3) is 0 Å². The number of hydrogen-bond acceptors (Lipinski definition) is 9. The van der Waals surface area contributed by atoms with E-state index in [9.17, 15) is 35.7 Å². The molecule has 0 amide bonds. The second kappa shape index (κ2) is 11.0. The number of aliphatic hydroxyl groups is 7. The number of rotatable bonds is 6. The van der Waals surface area contributed by atoms with Crippen LogP contribution in [0.1, 0.15) is 41.4 Å². The second-order valence-corrected chi connectivity index (χ2v) is 9.53. The quantitative estimate of drug-likeness (QED) is 0.285. The first-order valence-corrected chi connectivity index (χ1v) is 11.9. The smallest absolute Gasteiger partial charge is 0.113 e. The van der Waals surface area contributed by atoms with Gasteiger partial charge in [0.1, 0.15) is 42.7 Å². The monoisotopic (exact) mass is 490 g/mol. The first kappa shape index (κ1) is 26.2. The Balaban J connectivity index is 1.53. The fraction of sp³-hybridized carbons (Fsp3) is 0.538. The van der Waals surface area contributed by atoms with Crippen LogP contribution in [-0.2, 0) is 15.9 Å². The van der Waals surface area contributed by atoms with Gasteiger partial charge in [-0.15, -0.1) is 0 Å². The van der Waals surface area contributed by atoms with Gasteiger partial charge in [0, 0.05) is 5.92 Å². The van der Waals surface area contributed by atoms with Crippen molar-refractivity contribution in [3.05, 3.63) is 70.8 Å². The van der Waals surface area contributed by atoms with Crippen LogP contribution in [0.4, 0.5) is 0 Å². The number of ether oxygens (including phenoxy) is 2. The van der Waals surface area contributed by atoms with Crippen LogP contribution >= 0.6 is 0 Å².